The van der Waals surface area contributed by atoms with Crippen LogP contribution in [0.25, 0.3) is 0 Å². The maximum atomic E-state index is 14.2. The number of rotatable bonds is 6. The molecule has 8 heteroatoms. The minimum Gasteiger partial charge on any atom is -0.481 e. The van der Waals surface area contributed by atoms with Crippen LogP contribution in [0.2, 0.25) is 0 Å². The first kappa shape index (κ1) is 21.3. The van der Waals surface area contributed by atoms with E-state index in [0.29, 0.717) is 22.8 Å². The number of hydrogen-bond donors (Lipinski definition) is 3. The zero-order chi connectivity index (χ0) is 21.8. The molecule has 1 aromatic rings. The van der Waals surface area contributed by atoms with E-state index in [9.17, 15) is 19.1 Å². The van der Waals surface area contributed by atoms with Crippen LogP contribution in [0.1, 0.15) is 38.5 Å². The number of alkyl halides is 1. The highest BCUT2D eigenvalue weighted by molar-refractivity contribution is 9.10. The van der Waals surface area contributed by atoms with Gasteiger partial charge < -0.3 is 15.7 Å². The van der Waals surface area contributed by atoms with Gasteiger partial charge in [0, 0.05) is 6.54 Å². The minimum atomic E-state index is -0.853. The number of hydrogen-bond acceptors (Lipinski definition) is 4. The lowest BCUT2D eigenvalue weighted by molar-refractivity contribution is -0.148. The van der Waals surface area contributed by atoms with Crippen molar-refractivity contribution in [3.05, 3.63) is 22.9 Å². The summed E-state index contributed by atoms with van der Waals surface area (Å²) in [5, 5.41) is 16.0. The monoisotopic (exact) mass is 493 g/mol. The molecule has 1 aliphatic heterocycles. The number of pyridine rings is 1. The second kappa shape index (κ2) is 8.10. The van der Waals surface area contributed by atoms with E-state index < -0.39 is 24.0 Å². The topological polar surface area (TPSA) is 91.3 Å². The molecule has 1 spiro atoms. The fraction of sp³-hybridized carbons (Fsp3) is 0.696. The Kier molecular flexibility index (Phi) is 5.57. The Morgan fingerprint density at radius 1 is 1.23 bits per heavy atom. The number of nitrogens with one attached hydrogen (secondary N) is 2. The summed E-state index contributed by atoms with van der Waals surface area (Å²) >= 11 is 3.28. The molecule has 2 bridgehead atoms. The van der Waals surface area contributed by atoms with E-state index in [2.05, 4.69) is 31.5 Å². The molecule has 0 aromatic carbocycles. The predicted octanol–water partition coefficient (Wildman–Crippen LogP) is 3.87. The lowest BCUT2D eigenvalue weighted by atomic mass is 9.78. The molecule has 5 rings (SSSR count). The summed E-state index contributed by atoms with van der Waals surface area (Å²) in [6.45, 7) is 1.32. The lowest BCUT2D eigenvalue weighted by Gasteiger charge is -2.27. The van der Waals surface area contributed by atoms with Crippen molar-refractivity contribution in [1.82, 2.24) is 10.3 Å². The van der Waals surface area contributed by atoms with Crippen LogP contribution in [-0.4, -0.2) is 41.2 Å². The Morgan fingerprint density at radius 2 is 2.00 bits per heavy atom. The lowest BCUT2D eigenvalue weighted by Crippen LogP contribution is -2.38. The van der Waals surface area contributed by atoms with Crippen molar-refractivity contribution >= 4 is 33.5 Å². The van der Waals surface area contributed by atoms with E-state index in [1.807, 2.05) is 0 Å². The molecule has 2 heterocycles. The van der Waals surface area contributed by atoms with Crippen LogP contribution < -0.4 is 10.6 Å². The van der Waals surface area contributed by atoms with E-state index in [0.717, 1.165) is 45.1 Å². The summed E-state index contributed by atoms with van der Waals surface area (Å²) in [6.07, 6.45) is 6.29. The molecule has 2 unspecified atom stereocenters. The average molecular weight is 494 g/mol. The Bertz CT molecular complexity index is 868. The van der Waals surface area contributed by atoms with E-state index in [1.54, 1.807) is 18.3 Å². The molecule has 4 fully saturated rings. The van der Waals surface area contributed by atoms with Gasteiger partial charge in [-0.05, 0) is 102 Å². The summed E-state index contributed by atoms with van der Waals surface area (Å²) in [4.78, 5) is 29.6. The van der Waals surface area contributed by atoms with Gasteiger partial charge in [0.1, 0.15) is 10.8 Å². The molecule has 8 atom stereocenters. The van der Waals surface area contributed by atoms with Crippen LogP contribution in [0.5, 0.6) is 0 Å². The smallest absolute Gasteiger partial charge is 0.307 e. The summed E-state index contributed by atoms with van der Waals surface area (Å²) < 4.78 is 14.9. The number of carbonyl (C=O) groups is 2. The highest BCUT2D eigenvalue weighted by Gasteiger charge is 2.75. The molecule has 1 saturated heterocycles. The summed E-state index contributed by atoms with van der Waals surface area (Å²) in [7, 11) is 0. The van der Waals surface area contributed by atoms with Gasteiger partial charge in [0.25, 0.3) is 0 Å². The third-order valence-corrected chi connectivity index (χ3v) is 9.10. The van der Waals surface area contributed by atoms with Crippen LogP contribution >= 0.6 is 15.9 Å². The van der Waals surface area contributed by atoms with Gasteiger partial charge in [-0.15, -0.1) is 0 Å². The number of halogens is 2. The zero-order valence-electron chi connectivity index (χ0n) is 17.4. The highest BCUT2D eigenvalue weighted by Crippen LogP contribution is 2.78. The van der Waals surface area contributed by atoms with E-state index >= 15 is 0 Å². The molecule has 168 valence electrons. The van der Waals surface area contributed by atoms with E-state index in [4.69, 9.17) is 0 Å². The standard InChI is InChI=1S/C23H29BrFN3O3/c24-18-6-3-14(10-27-18)28-21(29)19-15-4-5-16(20(19)22(30)31)23(15)9-13(23)2-1-12-7-8-26-11-17(12)25/h3,6,10,12-13,15-17,19-20,26H,1-2,4-5,7-9,11H2,(H,28,29)(H,30,31)/t12-,13?,15-,16+,17+,19+,20+,23?/m0/s1. The van der Waals surface area contributed by atoms with Gasteiger partial charge in [-0.25, -0.2) is 9.37 Å². The van der Waals surface area contributed by atoms with Crippen molar-refractivity contribution < 1.29 is 19.1 Å². The molecule has 3 aliphatic carbocycles. The fourth-order valence-corrected chi connectivity index (χ4v) is 7.54. The van der Waals surface area contributed by atoms with Crippen molar-refractivity contribution in [3.63, 3.8) is 0 Å². The molecule has 31 heavy (non-hydrogen) atoms. The van der Waals surface area contributed by atoms with Crippen LogP contribution in [0, 0.1) is 40.9 Å². The number of aliphatic carboxylic acids is 1. The molecule has 3 N–H and O–H groups in total. The summed E-state index contributed by atoms with van der Waals surface area (Å²) in [5.41, 5.74) is 0.559. The first-order chi connectivity index (χ1) is 14.9. The molecule has 0 radical (unpaired) electrons. The summed E-state index contributed by atoms with van der Waals surface area (Å²) in [6, 6.07) is 3.52. The van der Waals surface area contributed by atoms with Crippen LogP contribution in [0.15, 0.2) is 22.9 Å². The second-order valence-corrected chi connectivity index (χ2v) is 10.7. The number of amides is 1. The molecule has 4 aliphatic rings. The Hall–Kier alpha value is -1.54. The normalized spacial score (nSPS) is 40.8. The largest absolute Gasteiger partial charge is 0.481 e. The molecule has 1 amide bonds. The maximum absolute atomic E-state index is 14.2. The van der Waals surface area contributed by atoms with Crippen LogP contribution in [0.4, 0.5) is 10.1 Å². The third kappa shape index (κ3) is 3.59. The number of carboxylic acids is 1. The molecular formula is C23H29BrFN3O3. The number of piperidine rings is 1. The van der Waals surface area contributed by atoms with E-state index in [1.165, 1.54) is 0 Å². The Balaban J connectivity index is 1.30. The van der Waals surface area contributed by atoms with Crippen molar-refractivity contribution in [2.75, 3.05) is 18.4 Å². The van der Waals surface area contributed by atoms with Crippen molar-refractivity contribution in [2.24, 2.45) is 40.9 Å². The van der Waals surface area contributed by atoms with Gasteiger partial charge >= 0.3 is 5.97 Å². The quantitative estimate of drug-likeness (QED) is 0.523. The fourth-order valence-electron chi connectivity index (χ4n) is 7.31. The van der Waals surface area contributed by atoms with Crippen LogP contribution in [-0.2, 0) is 9.59 Å². The van der Waals surface area contributed by atoms with Crippen molar-refractivity contribution in [3.8, 4) is 0 Å². The van der Waals surface area contributed by atoms with Crippen molar-refractivity contribution in [2.45, 2.75) is 44.7 Å². The molecule has 1 aromatic heterocycles. The zero-order valence-corrected chi connectivity index (χ0v) is 19.0. The molecule has 6 nitrogen and oxygen atoms in total. The van der Waals surface area contributed by atoms with Crippen molar-refractivity contribution in [1.29, 1.82) is 0 Å². The number of anilines is 1. The van der Waals surface area contributed by atoms with Gasteiger partial charge in [-0.1, -0.05) is 0 Å². The third-order valence-electron chi connectivity index (χ3n) is 8.63. The van der Waals surface area contributed by atoms with Gasteiger partial charge in [-0.2, -0.15) is 0 Å². The average Bonchev–Trinajstić information content (AvgIpc) is 3.28. The summed E-state index contributed by atoms with van der Waals surface area (Å²) in [5.74, 6) is -1.46. The van der Waals surface area contributed by atoms with Gasteiger partial charge in [0.2, 0.25) is 5.91 Å². The van der Waals surface area contributed by atoms with Gasteiger partial charge in [-0.3, -0.25) is 9.59 Å². The Labute approximate surface area is 189 Å². The molecular weight excluding hydrogens is 465 g/mol. The van der Waals surface area contributed by atoms with E-state index in [-0.39, 0.29) is 29.1 Å². The predicted molar refractivity (Wildman–Crippen MR) is 117 cm³/mol. The highest BCUT2D eigenvalue weighted by atomic mass is 79.9. The first-order valence-corrected chi connectivity index (χ1v) is 12.2. The minimum absolute atomic E-state index is 0.0260. The SMILES string of the molecule is O=C(O)[C@H]1[C@H](C(=O)Nc2ccc(Br)nc2)[C@@H]2CC[C@H]1C21CC1CC[C@H]1CCNC[C@H]1F. The van der Waals surface area contributed by atoms with Gasteiger partial charge in [0.15, 0.2) is 0 Å². The number of nitrogens with zero attached hydrogens (tertiary/aromatic N) is 1. The Morgan fingerprint density at radius 3 is 2.68 bits per heavy atom. The number of aromatic nitrogens is 1. The maximum Gasteiger partial charge on any atom is 0.307 e. The van der Waals surface area contributed by atoms with Crippen LogP contribution in [0.3, 0.4) is 0 Å². The number of carbonyl (C=O) groups excluding carboxylic acids is 1. The second-order valence-electron chi connectivity index (χ2n) is 9.90. The first-order valence-electron chi connectivity index (χ1n) is 11.4. The molecule has 3 saturated carbocycles. The number of carboxylic acid groups (broad SMARTS) is 1. The van der Waals surface area contributed by atoms with Gasteiger partial charge in [0.05, 0.1) is 23.7 Å².